The van der Waals surface area contributed by atoms with E-state index in [1.165, 1.54) is 11.1 Å². The number of hydrogen-bond acceptors (Lipinski definition) is 1. The van der Waals surface area contributed by atoms with Crippen molar-refractivity contribution >= 4 is 28.9 Å². The molecular weight excluding hydrogens is 337 g/mol. The first kappa shape index (κ1) is 15.6. The molecule has 0 spiro atoms. The first-order valence-corrected chi connectivity index (χ1v) is 8.77. The van der Waals surface area contributed by atoms with Gasteiger partial charge in [0.25, 0.3) is 0 Å². The third-order valence-corrected chi connectivity index (χ3v) is 5.22. The van der Waals surface area contributed by atoms with Crippen molar-refractivity contribution in [3.05, 3.63) is 102 Å². The third kappa shape index (κ3) is 2.79. The maximum Gasteiger partial charge on any atom is 0.215 e. The van der Waals surface area contributed by atoms with E-state index in [-0.39, 0.29) is 6.04 Å². The number of para-hydroxylation sites is 1. The van der Waals surface area contributed by atoms with Crippen LogP contribution in [0.15, 0.2) is 84.9 Å². The molecule has 24 heavy (non-hydrogen) atoms. The van der Waals surface area contributed by atoms with E-state index in [1.54, 1.807) is 0 Å². The van der Waals surface area contributed by atoms with Gasteiger partial charge in [0.2, 0.25) is 4.46 Å². The maximum atomic E-state index is 6.61. The Bertz CT molecular complexity index is 831. The van der Waals surface area contributed by atoms with Gasteiger partial charge in [0.1, 0.15) is 6.04 Å². The Morgan fingerprint density at radius 2 is 1.33 bits per heavy atom. The fourth-order valence-electron chi connectivity index (χ4n) is 3.24. The summed E-state index contributed by atoms with van der Waals surface area (Å²) < 4.78 is -0.895. The van der Waals surface area contributed by atoms with Gasteiger partial charge in [-0.3, -0.25) is 0 Å². The molecule has 1 unspecified atom stereocenters. The van der Waals surface area contributed by atoms with Crippen LogP contribution < -0.4 is 4.90 Å². The Balaban J connectivity index is 1.68. The van der Waals surface area contributed by atoms with Gasteiger partial charge in [-0.1, -0.05) is 102 Å². The van der Waals surface area contributed by atoms with Crippen LogP contribution in [0.4, 0.5) is 5.69 Å². The van der Waals surface area contributed by atoms with Crippen LogP contribution >= 0.6 is 23.2 Å². The Labute approximate surface area is 152 Å². The molecule has 1 heterocycles. The molecule has 3 aromatic carbocycles. The predicted octanol–water partition coefficient (Wildman–Crippen LogP) is 5.97. The summed E-state index contributed by atoms with van der Waals surface area (Å²) in [5, 5.41) is 0. The van der Waals surface area contributed by atoms with Crippen molar-refractivity contribution in [3.63, 3.8) is 0 Å². The van der Waals surface area contributed by atoms with Gasteiger partial charge < -0.3 is 4.90 Å². The molecule has 3 aromatic rings. The molecule has 3 heteroatoms. The Morgan fingerprint density at radius 3 is 2.04 bits per heavy atom. The lowest BCUT2D eigenvalue weighted by atomic mass is 10.0. The Morgan fingerprint density at radius 1 is 0.750 bits per heavy atom. The minimum atomic E-state index is -0.895. The lowest BCUT2D eigenvalue weighted by Gasteiger charge is -2.13. The van der Waals surface area contributed by atoms with Crippen LogP contribution in [-0.2, 0) is 6.42 Å². The molecule has 0 amide bonds. The van der Waals surface area contributed by atoms with Crippen molar-refractivity contribution in [2.75, 3.05) is 4.90 Å². The van der Waals surface area contributed by atoms with E-state index >= 15 is 0 Å². The van der Waals surface area contributed by atoms with Gasteiger partial charge in [-0.25, -0.2) is 0 Å². The van der Waals surface area contributed by atoms with Crippen LogP contribution in [0.3, 0.4) is 0 Å². The predicted molar refractivity (Wildman–Crippen MR) is 102 cm³/mol. The van der Waals surface area contributed by atoms with Crippen LogP contribution in [0.1, 0.15) is 22.7 Å². The molecule has 0 bridgehead atoms. The normalized spacial score (nSPS) is 18.4. The smallest absolute Gasteiger partial charge is 0.215 e. The standard InChI is InChI=1S/C21H17Cl2N/c22-21(23)20(17-11-5-2-6-12-17)24(21)19-14-8-7-13-18(19)15-16-9-3-1-4-10-16/h1-14,20H,15H2. The zero-order chi connectivity index (χ0) is 16.6. The highest BCUT2D eigenvalue weighted by Gasteiger charge is 2.62. The van der Waals surface area contributed by atoms with E-state index in [4.69, 9.17) is 23.2 Å². The van der Waals surface area contributed by atoms with Gasteiger partial charge >= 0.3 is 0 Å². The molecule has 1 nitrogen and oxygen atoms in total. The molecular formula is C21H17Cl2N. The molecule has 0 aliphatic carbocycles. The fraction of sp³-hybridized carbons (Fsp3) is 0.143. The fourth-order valence-corrected chi connectivity index (χ4v) is 3.97. The Hall–Kier alpha value is -1.96. The second-order valence-corrected chi connectivity index (χ2v) is 7.41. The largest absolute Gasteiger partial charge is 0.326 e. The molecule has 1 aliphatic rings. The molecule has 1 atom stereocenters. The molecule has 0 radical (unpaired) electrons. The van der Waals surface area contributed by atoms with Crippen molar-refractivity contribution in [2.45, 2.75) is 16.9 Å². The highest BCUT2D eigenvalue weighted by atomic mass is 35.5. The zero-order valence-electron chi connectivity index (χ0n) is 13.1. The quantitative estimate of drug-likeness (QED) is 0.317. The van der Waals surface area contributed by atoms with Crippen LogP contribution in [0.5, 0.6) is 0 Å². The summed E-state index contributed by atoms with van der Waals surface area (Å²) in [4.78, 5) is 2.09. The van der Waals surface area contributed by atoms with Crippen LogP contribution in [-0.4, -0.2) is 4.46 Å². The second-order valence-electron chi connectivity index (χ2n) is 6.06. The zero-order valence-corrected chi connectivity index (χ0v) is 14.6. The molecule has 1 fully saturated rings. The van der Waals surface area contributed by atoms with E-state index in [1.807, 2.05) is 30.3 Å². The third-order valence-electron chi connectivity index (χ3n) is 4.44. The van der Waals surface area contributed by atoms with Gasteiger partial charge in [-0.15, -0.1) is 0 Å². The van der Waals surface area contributed by atoms with E-state index in [9.17, 15) is 0 Å². The maximum absolute atomic E-state index is 6.61. The molecule has 120 valence electrons. The average Bonchev–Trinajstić information content (AvgIpc) is 3.19. The molecule has 0 saturated carbocycles. The van der Waals surface area contributed by atoms with Gasteiger partial charge in [-0.05, 0) is 29.2 Å². The first-order chi connectivity index (χ1) is 11.7. The minimum absolute atomic E-state index is 0.0149. The number of rotatable bonds is 4. The number of halogens is 2. The number of anilines is 1. The van der Waals surface area contributed by atoms with Gasteiger partial charge in [0, 0.05) is 5.69 Å². The highest BCUT2D eigenvalue weighted by Crippen LogP contribution is 2.61. The molecule has 1 saturated heterocycles. The number of nitrogens with zero attached hydrogens (tertiary/aromatic N) is 1. The van der Waals surface area contributed by atoms with Gasteiger partial charge in [-0.2, -0.15) is 0 Å². The summed E-state index contributed by atoms with van der Waals surface area (Å²) >= 11 is 13.2. The molecule has 0 aromatic heterocycles. The highest BCUT2D eigenvalue weighted by molar-refractivity contribution is 6.53. The van der Waals surface area contributed by atoms with Crippen molar-refractivity contribution in [2.24, 2.45) is 0 Å². The molecule has 0 N–H and O–H groups in total. The van der Waals surface area contributed by atoms with Gasteiger partial charge in [0.15, 0.2) is 0 Å². The van der Waals surface area contributed by atoms with Crippen molar-refractivity contribution in [1.82, 2.24) is 0 Å². The molecule has 1 aliphatic heterocycles. The summed E-state index contributed by atoms with van der Waals surface area (Å²) in [6.07, 6.45) is 0.860. The Kier molecular flexibility index (Phi) is 3.99. The summed E-state index contributed by atoms with van der Waals surface area (Å²) in [5.74, 6) is 0. The average molecular weight is 354 g/mol. The van der Waals surface area contributed by atoms with Crippen molar-refractivity contribution < 1.29 is 0 Å². The van der Waals surface area contributed by atoms with Crippen LogP contribution in [0.25, 0.3) is 0 Å². The van der Waals surface area contributed by atoms with E-state index in [0.717, 1.165) is 17.7 Å². The van der Waals surface area contributed by atoms with Crippen molar-refractivity contribution in [1.29, 1.82) is 0 Å². The lowest BCUT2D eigenvalue weighted by Crippen LogP contribution is -2.04. The summed E-state index contributed by atoms with van der Waals surface area (Å²) in [6, 6.07) is 29.0. The number of benzene rings is 3. The second kappa shape index (κ2) is 6.16. The van der Waals surface area contributed by atoms with E-state index in [2.05, 4.69) is 59.5 Å². The first-order valence-electron chi connectivity index (χ1n) is 8.02. The number of hydrogen-bond donors (Lipinski definition) is 0. The van der Waals surface area contributed by atoms with Gasteiger partial charge in [0.05, 0.1) is 0 Å². The van der Waals surface area contributed by atoms with Crippen molar-refractivity contribution in [3.8, 4) is 0 Å². The minimum Gasteiger partial charge on any atom is -0.326 e. The summed E-state index contributed by atoms with van der Waals surface area (Å²) in [6.45, 7) is 0. The summed E-state index contributed by atoms with van der Waals surface area (Å²) in [7, 11) is 0. The van der Waals surface area contributed by atoms with Crippen LogP contribution in [0.2, 0.25) is 0 Å². The lowest BCUT2D eigenvalue weighted by molar-refractivity contribution is 1.09. The summed E-state index contributed by atoms with van der Waals surface area (Å²) in [5.41, 5.74) is 4.74. The number of alkyl halides is 2. The molecule has 4 rings (SSSR count). The topological polar surface area (TPSA) is 3.01 Å². The van der Waals surface area contributed by atoms with E-state index < -0.39 is 4.46 Å². The monoisotopic (exact) mass is 353 g/mol. The SMILES string of the molecule is ClC1(Cl)C(c2ccccc2)N1c1ccccc1Cc1ccccc1. The van der Waals surface area contributed by atoms with E-state index in [0.29, 0.717) is 0 Å². The van der Waals surface area contributed by atoms with Crippen LogP contribution in [0, 0.1) is 0 Å².